The Morgan fingerprint density at radius 1 is 1.11 bits per heavy atom. The van der Waals surface area contributed by atoms with Crippen molar-refractivity contribution in [3.8, 4) is 0 Å². The molecule has 27 heavy (non-hydrogen) atoms. The lowest BCUT2D eigenvalue weighted by atomic mass is 10.00. The third kappa shape index (κ3) is 6.30. The molecule has 0 radical (unpaired) electrons. The van der Waals surface area contributed by atoms with Gasteiger partial charge in [0.15, 0.2) is 0 Å². The normalized spacial score (nSPS) is 18.5. The van der Waals surface area contributed by atoms with Crippen LogP contribution in [-0.2, 0) is 4.79 Å². The Balaban J connectivity index is 1.94. The van der Waals surface area contributed by atoms with Gasteiger partial charge in [0.25, 0.3) is 5.91 Å². The molecule has 2 atom stereocenters. The summed E-state index contributed by atoms with van der Waals surface area (Å²) < 4.78 is 0. The van der Waals surface area contributed by atoms with Crippen LogP contribution in [0.5, 0.6) is 0 Å². The zero-order chi connectivity index (χ0) is 20.0. The summed E-state index contributed by atoms with van der Waals surface area (Å²) in [5.41, 5.74) is 0. The molecule has 6 nitrogen and oxygen atoms in total. The fourth-order valence-electron chi connectivity index (χ4n) is 3.41. The minimum absolute atomic E-state index is 0.0232. The molecule has 2 amide bonds. The maximum atomic E-state index is 12.8. The van der Waals surface area contributed by atoms with Gasteiger partial charge in [0, 0.05) is 38.8 Å². The fourth-order valence-corrected chi connectivity index (χ4v) is 4.04. The number of rotatable bonds is 8. The quantitative estimate of drug-likeness (QED) is 0.707. The molecule has 1 saturated heterocycles. The topological polar surface area (TPSA) is 64.7 Å². The Morgan fingerprint density at radius 3 is 2.30 bits per heavy atom. The van der Waals surface area contributed by atoms with Gasteiger partial charge in [0.1, 0.15) is 6.04 Å². The minimum atomic E-state index is -0.528. The number of carbonyl (C=O) groups excluding carboxylic acids is 2. The van der Waals surface area contributed by atoms with Crippen LogP contribution < -0.4 is 10.6 Å². The van der Waals surface area contributed by atoms with E-state index in [2.05, 4.69) is 41.3 Å². The SMILES string of the molecule is CC(C)C(NC(=O)c1cccs1)C(=O)NCC(C(C)C)N1CCN(C)CC1. The highest BCUT2D eigenvalue weighted by Gasteiger charge is 2.28. The molecule has 152 valence electrons. The predicted octanol–water partition coefficient (Wildman–Crippen LogP) is 1.89. The molecule has 7 heteroatoms. The van der Waals surface area contributed by atoms with Crippen LogP contribution >= 0.6 is 11.3 Å². The van der Waals surface area contributed by atoms with Crippen LogP contribution in [0.2, 0.25) is 0 Å². The molecule has 1 fully saturated rings. The number of carbonyl (C=O) groups is 2. The van der Waals surface area contributed by atoms with Gasteiger partial charge in [-0.2, -0.15) is 0 Å². The van der Waals surface area contributed by atoms with Crippen molar-refractivity contribution in [1.29, 1.82) is 0 Å². The molecular weight excluding hydrogens is 360 g/mol. The average Bonchev–Trinajstić information content (AvgIpc) is 3.15. The molecule has 0 spiro atoms. The zero-order valence-corrected chi connectivity index (χ0v) is 18.0. The maximum absolute atomic E-state index is 12.8. The lowest BCUT2D eigenvalue weighted by molar-refractivity contribution is -0.124. The van der Waals surface area contributed by atoms with Crippen molar-refractivity contribution in [2.45, 2.75) is 39.8 Å². The van der Waals surface area contributed by atoms with Crippen LogP contribution in [0.15, 0.2) is 17.5 Å². The van der Waals surface area contributed by atoms with Gasteiger partial charge in [-0.15, -0.1) is 11.3 Å². The van der Waals surface area contributed by atoms with Gasteiger partial charge >= 0.3 is 0 Å². The molecule has 2 N–H and O–H groups in total. The van der Waals surface area contributed by atoms with Gasteiger partial charge in [0.05, 0.1) is 4.88 Å². The van der Waals surface area contributed by atoms with Crippen molar-refractivity contribution < 1.29 is 9.59 Å². The minimum Gasteiger partial charge on any atom is -0.353 e. The third-order valence-corrected chi connectivity index (χ3v) is 6.11. The highest BCUT2D eigenvalue weighted by molar-refractivity contribution is 7.12. The van der Waals surface area contributed by atoms with E-state index in [-0.39, 0.29) is 17.7 Å². The Kier molecular flexibility index (Phi) is 8.26. The van der Waals surface area contributed by atoms with Gasteiger partial charge in [-0.1, -0.05) is 33.8 Å². The summed E-state index contributed by atoms with van der Waals surface area (Å²) in [4.78, 5) is 30.6. The first-order valence-electron chi connectivity index (χ1n) is 9.84. The van der Waals surface area contributed by atoms with Crippen molar-refractivity contribution in [2.75, 3.05) is 39.8 Å². The second kappa shape index (κ2) is 10.2. The van der Waals surface area contributed by atoms with Gasteiger partial charge in [-0.05, 0) is 30.3 Å². The molecule has 2 unspecified atom stereocenters. The number of nitrogens with zero attached hydrogens (tertiary/aromatic N) is 2. The van der Waals surface area contributed by atoms with E-state index in [1.807, 2.05) is 25.3 Å². The number of hydrogen-bond acceptors (Lipinski definition) is 5. The highest BCUT2D eigenvalue weighted by Crippen LogP contribution is 2.14. The van der Waals surface area contributed by atoms with Gasteiger partial charge in [-0.3, -0.25) is 14.5 Å². The largest absolute Gasteiger partial charge is 0.353 e. The number of piperazine rings is 1. The monoisotopic (exact) mass is 394 g/mol. The van der Waals surface area contributed by atoms with E-state index in [9.17, 15) is 9.59 Å². The molecule has 1 aromatic heterocycles. The van der Waals surface area contributed by atoms with Gasteiger partial charge < -0.3 is 15.5 Å². The van der Waals surface area contributed by atoms with E-state index in [4.69, 9.17) is 0 Å². The Bertz CT molecular complexity index is 595. The molecule has 1 aliphatic rings. The van der Waals surface area contributed by atoms with E-state index >= 15 is 0 Å². The van der Waals surface area contributed by atoms with Crippen molar-refractivity contribution in [3.05, 3.63) is 22.4 Å². The number of likely N-dealkylation sites (N-methyl/N-ethyl adjacent to an activating group) is 1. The number of amides is 2. The molecule has 0 saturated carbocycles. The summed E-state index contributed by atoms with van der Waals surface area (Å²) in [6, 6.07) is 3.40. The van der Waals surface area contributed by atoms with E-state index in [1.54, 1.807) is 6.07 Å². The van der Waals surface area contributed by atoms with E-state index in [0.29, 0.717) is 23.4 Å². The smallest absolute Gasteiger partial charge is 0.262 e. The molecule has 0 aliphatic carbocycles. The van der Waals surface area contributed by atoms with E-state index in [0.717, 1.165) is 26.2 Å². The number of thiophene rings is 1. The summed E-state index contributed by atoms with van der Waals surface area (Å²) in [5, 5.41) is 7.86. The van der Waals surface area contributed by atoms with Crippen LogP contribution in [0.25, 0.3) is 0 Å². The summed E-state index contributed by atoms with van der Waals surface area (Å²) in [5.74, 6) is 0.190. The second-order valence-electron chi connectivity index (χ2n) is 8.07. The maximum Gasteiger partial charge on any atom is 0.262 e. The predicted molar refractivity (Wildman–Crippen MR) is 111 cm³/mol. The highest BCUT2D eigenvalue weighted by atomic mass is 32.1. The Morgan fingerprint density at radius 2 is 1.78 bits per heavy atom. The van der Waals surface area contributed by atoms with Gasteiger partial charge in [0.2, 0.25) is 5.91 Å². The molecule has 2 rings (SSSR count). The first-order valence-corrected chi connectivity index (χ1v) is 10.7. The molecular formula is C20H34N4O2S. The Labute approximate surface area is 167 Å². The second-order valence-corrected chi connectivity index (χ2v) is 9.02. The molecule has 2 heterocycles. The van der Waals surface area contributed by atoms with Crippen molar-refractivity contribution in [2.24, 2.45) is 11.8 Å². The summed E-state index contributed by atoms with van der Waals surface area (Å²) in [7, 11) is 2.15. The lowest BCUT2D eigenvalue weighted by Crippen LogP contribution is -2.56. The number of nitrogens with one attached hydrogen (secondary N) is 2. The summed E-state index contributed by atoms with van der Waals surface area (Å²) in [6.07, 6.45) is 0. The average molecular weight is 395 g/mol. The van der Waals surface area contributed by atoms with Gasteiger partial charge in [-0.25, -0.2) is 0 Å². The van der Waals surface area contributed by atoms with Crippen LogP contribution in [0.3, 0.4) is 0 Å². The van der Waals surface area contributed by atoms with Crippen LogP contribution in [0.1, 0.15) is 37.4 Å². The third-order valence-electron chi connectivity index (χ3n) is 5.24. The van der Waals surface area contributed by atoms with E-state index < -0.39 is 6.04 Å². The fraction of sp³-hybridized carbons (Fsp3) is 0.700. The number of hydrogen-bond donors (Lipinski definition) is 2. The standard InChI is InChI=1S/C20H34N4O2S/c1-14(2)16(24-10-8-23(5)9-11-24)13-21-20(26)18(15(3)4)22-19(25)17-7-6-12-27-17/h6-7,12,14-16,18H,8-11,13H2,1-5H3,(H,21,26)(H,22,25). The van der Waals surface area contributed by atoms with Crippen LogP contribution in [0, 0.1) is 11.8 Å². The summed E-state index contributed by atoms with van der Waals surface area (Å²) in [6.45, 7) is 13.1. The van der Waals surface area contributed by atoms with Crippen LogP contribution in [-0.4, -0.2) is 73.5 Å². The summed E-state index contributed by atoms with van der Waals surface area (Å²) >= 11 is 1.38. The molecule has 0 bridgehead atoms. The van der Waals surface area contributed by atoms with Crippen molar-refractivity contribution in [1.82, 2.24) is 20.4 Å². The lowest BCUT2D eigenvalue weighted by Gasteiger charge is -2.40. The Hall–Kier alpha value is -1.44. The van der Waals surface area contributed by atoms with Crippen LogP contribution in [0.4, 0.5) is 0 Å². The van der Waals surface area contributed by atoms with Crippen molar-refractivity contribution >= 4 is 23.2 Å². The van der Waals surface area contributed by atoms with E-state index in [1.165, 1.54) is 11.3 Å². The first kappa shape index (κ1) is 21.9. The van der Waals surface area contributed by atoms with Crippen molar-refractivity contribution in [3.63, 3.8) is 0 Å². The zero-order valence-electron chi connectivity index (χ0n) is 17.2. The first-order chi connectivity index (χ1) is 12.8. The molecule has 0 aromatic carbocycles. The molecule has 1 aromatic rings. The molecule has 1 aliphatic heterocycles.